The highest BCUT2D eigenvalue weighted by Crippen LogP contribution is 2.25. The fourth-order valence-corrected chi connectivity index (χ4v) is 4.60. The number of hydrogen-bond acceptors (Lipinski definition) is 5. The van der Waals surface area contributed by atoms with Gasteiger partial charge >= 0.3 is 0 Å². The van der Waals surface area contributed by atoms with Gasteiger partial charge in [-0.2, -0.15) is 0 Å². The molecule has 1 fully saturated rings. The van der Waals surface area contributed by atoms with E-state index in [1.54, 1.807) is 53.4 Å². The van der Waals surface area contributed by atoms with Crippen molar-refractivity contribution in [1.29, 1.82) is 0 Å². The van der Waals surface area contributed by atoms with Gasteiger partial charge in [-0.05, 0) is 56.2 Å². The van der Waals surface area contributed by atoms with Crippen LogP contribution in [0, 0.1) is 12.8 Å². The second-order valence-corrected chi connectivity index (χ2v) is 9.59. The van der Waals surface area contributed by atoms with Crippen LogP contribution in [0.5, 0.6) is 5.75 Å². The molecule has 0 aromatic heterocycles. The number of primary amides is 1. The molecular formula is C22H27N3O5S. The number of ether oxygens (including phenoxy) is 1. The Labute approximate surface area is 182 Å². The van der Waals surface area contributed by atoms with Crippen LogP contribution < -0.4 is 14.8 Å². The molecule has 31 heavy (non-hydrogen) atoms. The molecule has 1 aliphatic heterocycles. The Morgan fingerprint density at radius 3 is 2.19 bits per heavy atom. The lowest BCUT2D eigenvalue weighted by Gasteiger charge is -2.30. The summed E-state index contributed by atoms with van der Waals surface area (Å²) in [6.07, 6.45) is 1.13. The van der Waals surface area contributed by atoms with Crippen molar-refractivity contribution in [2.75, 3.05) is 31.0 Å². The number of benzene rings is 2. The molecule has 0 radical (unpaired) electrons. The molecule has 0 aliphatic carbocycles. The summed E-state index contributed by atoms with van der Waals surface area (Å²) in [5, 5.41) is 0. The maximum absolute atomic E-state index is 12.8. The quantitative estimate of drug-likeness (QED) is 0.700. The molecule has 0 spiro atoms. The minimum absolute atomic E-state index is 0.127. The first-order chi connectivity index (χ1) is 14.7. The van der Waals surface area contributed by atoms with Gasteiger partial charge < -0.3 is 15.4 Å². The topological polar surface area (TPSA) is 110 Å². The number of anilines is 1. The summed E-state index contributed by atoms with van der Waals surface area (Å²) in [6, 6.07) is 13.2. The Hall–Kier alpha value is -3.07. The van der Waals surface area contributed by atoms with Gasteiger partial charge in [-0.3, -0.25) is 13.9 Å². The molecule has 2 aromatic carbocycles. The van der Waals surface area contributed by atoms with Gasteiger partial charge in [-0.1, -0.05) is 17.7 Å². The first-order valence-electron chi connectivity index (χ1n) is 10.0. The van der Waals surface area contributed by atoms with E-state index in [0.717, 1.165) is 5.56 Å². The van der Waals surface area contributed by atoms with E-state index in [0.29, 0.717) is 37.4 Å². The Bertz CT molecular complexity index is 1030. The number of nitrogens with two attached hydrogens (primary N) is 1. The van der Waals surface area contributed by atoms with Gasteiger partial charge in [-0.25, -0.2) is 8.42 Å². The molecule has 166 valence electrons. The van der Waals surface area contributed by atoms with Crippen molar-refractivity contribution < 1.29 is 22.7 Å². The van der Waals surface area contributed by atoms with Crippen LogP contribution in [0.15, 0.2) is 53.4 Å². The highest BCUT2D eigenvalue weighted by atomic mass is 32.2. The molecule has 0 unspecified atom stereocenters. The summed E-state index contributed by atoms with van der Waals surface area (Å²) in [6.45, 7) is 2.73. The van der Waals surface area contributed by atoms with Crippen molar-refractivity contribution in [1.82, 2.24) is 4.90 Å². The Kier molecular flexibility index (Phi) is 6.84. The maximum Gasteiger partial charge on any atom is 0.264 e. The molecule has 1 aliphatic rings. The van der Waals surface area contributed by atoms with Gasteiger partial charge in [0.05, 0.1) is 10.6 Å². The average molecular weight is 446 g/mol. The van der Waals surface area contributed by atoms with E-state index in [4.69, 9.17) is 10.5 Å². The Morgan fingerprint density at radius 2 is 1.65 bits per heavy atom. The second-order valence-electron chi connectivity index (χ2n) is 7.63. The first kappa shape index (κ1) is 22.6. The van der Waals surface area contributed by atoms with Crippen LogP contribution in [-0.2, 0) is 19.6 Å². The average Bonchev–Trinajstić information content (AvgIpc) is 2.77. The lowest BCUT2D eigenvalue weighted by atomic mass is 9.96. The van der Waals surface area contributed by atoms with E-state index in [9.17, 15) is 18.0 Å². The number of hydrogen-bond donors (Lipinski definition) is 1. The lowest BCUT2D eigenvalue weighted by Crippen LogP contribution is -2.43. The number of amides is 2. The summed E-state index contributed by atoms with van der Waals surface area (Å²) >= 11 is 0. The van der Waals surface area contributed by atoms with Crippen LogP contribution in [0.3, 0.4) is 0 Å². The van der Waals surface area contributed by atoms with Crippen molar-refractivity contribution in [3.63, 3.8) is 0 Å². The molecule has 0 saturated carbocycles. The summed E-state index contributed by atoms with van der Waals surface area (Å²) < 4.78 is 32.4. The Morgan fingerprint density at radius 1 is 1.06 bits per heavy atom. The number of piperidine rings is 1. The smallest absolute Gasteiger partial charge is 0.264 e. The number of likely N-dealkylation sites (tertiary alicyclic amines) is 1. The van der Waals surface area contributed by atoms with Gasteiger partial charge in [-0.15, -0.1) is 0 Å². The number of sulfonamides is 1. The molecule has 2 N–H and O–H groups in total. The standard InChI is InChI=1S/C22H27N3O5S/c1-16-3-9-20(10-4-16)31(28,29)24(2)18-5-7-19(8-6-18)30-15-21(26)25-13-11-17(12-14-25)22(23)27/h3-10,17H,11-15H2,1-2H3,(H2,23,27). The van der Waals surface area contributed by atoms with E-state index >= 15 is 0 Å². The summed E-state index contributed by atoms with van der Waals surface area (Å²) in [4.78, 5) is 25.4. The zero-order valence-electron chi connectivity index (χ0n) is 17.7. The van der Waals surface area contributed by atoms with E-state index in [-0.39, 0.29) is 29.2 Å². The van der Waals surface area contributed by atoms with Gasteiger partial charge in [0.1, 0.15) is 5.75 Å². The van der Waals surface area contributed by atoms with Gasteiger partial charge in [0.25, 0.3) is 15.9 Å². The van der Waals surface area contributed by atoms with Crippen LogP contribution in [0.4, 0.5) is 5.69 Å². The van der Waals surface area contributed by atoms with Crippen LogP contribution >= 0.6 is 0 Å². The van der Waals surface area contributed by atoms with Crippen molar-refractivity contribution in [3.8, 4) is 5.75 Å². The largest absolute Gasteiger partial charge is 0.484 e. The molecule has 9 heteroatoms. The van der Waals surface area contributed by atoms with Gasteiger partial charge in [0.15, 0.2) is 6.61 Å². The number of carbonyl (C=O) groups excluding carboxylic acids is 2. The van der Waals surface area contributed by atoms with E-state index < -0.39 is 10.0 Å². The van der Waals surface area contributed by atoms with Crippen LogP contribution in [-0.4, -0.2) is 51.9 Å². The number of aryl methyl sites for hydroxylation is 1. The molecule has 1 saturated heterocycles. The third kappa shape index (κ3) is 5.35. The minimum Gasteiger partial charge on any atom is -0.484 e. The molecule has 2 aromatic rings. The van der Waals surface area contributed by atoms with Crippen molar-refractivity contribution in [2.24, 2.45) is 11.7 Å². The summed E-state index contributed by atoms with van der Waals surface area (Å²) in [5.74, 6) is -0.195. The Balaban J connectivity index is 1.57. The van der Waals surface area contributed by atoms with Gasteiger partial charge in [0.2, 0.25) is 5.91 Å². The lowest BCUT2D eigenvalue weighted by molar-refractivity contribution is -0.136. The van der Waals surface area contributed by atoms with E-state index in [1.807, 2.05) is 6.92 Å². The number of rotatable bonds is 7. The third-order valence-electron chi connectivity index (χ3n) is 5.49. The molecule has 1 heterocycles. The van der Waals surface area contributed by atoms with Gasteiger partial charge in [0, 0.05) is 26.1 Å². The molecule has 0 bridgehead atoms. The minimum atomic E-state index is -3.67. The maximum atomic E-state index is 12.8. The molecule has 8 nitrogen and oxygen atoms in total. The number of carbonyl (C=O) groups is 2. The molecule has 0 atom stereocenters. The summed E-state index contributed by atoms with van der Waals surface area (Å²) in [7, 11) is -2.18. The first-order valence-corrected chi connectivity index (χ1v) is 11.5. The fraction of sp³-hybridized carbons (Fsp3) is 0.364. The van der Waals surface area contributed by atoms with Crippen LogP contribution in [0.2, 0.25) is 0 Å². The molecular weight excluding hydrogens is 418 g/mol. The van der Waals surface area contributed by atoms with Crippen molar-refractivity contribution in [2.45, 2.75) is 24.7 Å². The molecule has 2 amide bonds. The number of nitrogens with zero attached hydrogens (tertiary/aromatic N) is 2. The van der Waals surface area contributed by atoms with Crippen molar-refractivity contribution >= 4 is 27.5 Å². The highest BCUT2D eigenvalue weighted by Gasteiger charge is 2.26. The zero-order chi connectivity index (χ0) is 22.6. The molecule has 3 rings (SSSR count). The predicted octanol–water partition coefficient (Wildman–Crippen LogP) is 1.92. The van der Waals surface area contributed by atoms with Crippen LogP contribution in [0.25, 0.3) is 0 Å². The van der Waals surface area contributed by atoms with E-state index in [1.165, 1.54) is 11.4 Å². The van der Waals surface area contributed by atoms with Crippen molar-refractivity contribution in [3.05, 3.63) is 54.1 Å². The third-order valence-corrected chi connectivity index (χ3v) is 7.29. The zero-order valence-corrected chi connectivity index (χ0v) is 18.5. The van der Waals surface area contributed by atoms with E-state index in [2.05, 4.69) is 0 Å². The highest BCUT2D eigenvalue weighted by molar-refractivity contribution is 7.92. The summed E-state index contributed by atoms with van der Waals surface area (Å²) in [5.41, 5.74) is 6.78. The normalized spacial score (nSPS) is 14.8. The fourth-order valence-electron chi connectivity index (χ4n) is 3.41. The second kappa shape index (κ2) is 9.38. The predicted molar refractivity (Wildman–Crippen MR) is 117 cm³/mol. The monoisotopic (exact) mass is 445 g/mol. The SMILES string of the molecule is Cc1ccc(S(=O)(=O)N(C)c2ccc(OCC(=O)N3CCC(C(N)=O)CC3)cc2)cc1. The van der Waals surface area contributed by atoms with Crippen LogP contribution in [0.1, 0.15) is 18.4 Å².